The van der Waals surface area contributed by atoms with Crippen LogP contribution in [0.1, 0.15) is 17.8 Å². The van der Waals surface area contributed by atoms with E-state index in [0.717, 1.165) is 22.1 Å². The largest absolute Gasteiger partial charge is 0.328 e. The van der Waals surface area contributed by atoms with Crippen LogP contribution in [0.2, 0.25) is 0 Å². The third-order valence-corrected chi connectivity index (χ3v) is 3.59. The first-order chi connectivity index (χ1) is 8.31. The molecule has 6 heteroatoms. The Hall–Kier alpha value is -1.53. The summed E-state index contributed by atoms with van der Waals surface area (Å²) in [7, 11) is 0. The van der Waals surface area contributed by atoms with E-state index in [4.69, 9.17) is 0 Å². The highest BCUT2D eigenvalue weighted by atomic mass is 32.1. The van der Waals surface area contributed by atoms with Crippen LogP contribution >= 0.6 is 11.3 Å². The number of nitrogens with one attached hydrogen (secondary N) is 2. The Balaban J connectivity index is 1.74. The monoisotopic (exact) mass is 248 g/mol. The van der Waals surface area contributed by atoms with Crippen molar-refractivity contribution in [1.82, 2.24) is 20.5 Å². The van der Waals surface area contributed by atoms with Gasteiger partial charge >= 0.3 is 0 Å². The standard InChI is InChI=1S/C11H12N4OS/c16-9-4-1-7(5-13-9)11-15-14-10(17-11)6-12-8-2-3-8/h1,4-5,8,12H,2-3,6H2,(H,13,16). The molecule has 0 atom stereocenters. The van der Waals surface area contributed by atoms with E-state index in [2.05, 4.69) is 20.5 Å². The second kappa shape index (κ2) is 4.38. The van der Waals surface area contributed by atoms with Crippen LogP contribution in [-0.2, 0) is 6.54 Å². The quantitative estimate of drug-likeness (QED) is 0.851. The summed E-state index contributed by atoms with van der Waals surface area (Å²) in [6.45, 7) is 0.783. The summed E-state index contributed by atoms with van der Waals surface area (Å²) in [5.41, 5.74) is 0.800. The number of aromatic nitrogens is 3. The second-order valence-electron chi connectivity index (χ2n) is 4.10. The first-order valence-corrected chi connectivity index (χ1v) is 6.38. The second-order valence-corrected chi connectivity index (χ2v) is 5.16. The van der Waals surface area contributed by atoms with Crippen molar-refractivity contribution in [2.24, 2.45) is 0 Å². The highest BCUT2D eigenvalue weighted by Gasteiger charge is 2.20. The lowest BCUT2D eigenvalue weighted by Gasteiger charge is -1.95. The van der Waals surface area contributed by atoms with E-state index in [0.29, 0.717) is 6.04 Å². The minimum Gasteiger partial charge on any atom is -0.328 e. The molecule has 0 spiro atoms. The Morgan fingerprint density at radius 3 is 3.00 bits per heavy atom. The van der Waals surface area contributed by atoms with Crippen LogP contribution in [0.4, 0.5) is 0 Å². The molecule has 2 aromatic rings. The predicted molar refractivity (Wildman–Crippen MR) is 65.8 cm³/mol. The zero-order valence-corrected chi connectivity index (χ0v) is 9.96. The average molecular weight is 248 g/mol. The topological polar surface area (TPSA) is 70.7 Å². The molecule has 2 N–H and O–H groups in total. The van der Waals surface area contributed by atoms with Crippen LogP contribution in [0, 0.1) is 0 Å². The molecule has 0 saturated heterocycles. The van der Waals surface area contributed by atoms with Gasteiger partial charge in [-0.2, -0.15) is 0 Å². The summed E-state index contributed by atoms with van der Waals surface area (Å²) >= 11 is 1.55. The van der Waals surface area contributed by atoms with Crippen LogP contribution in [0.25, 0.3) is 10.6 Å². The SMILES string of the molecule is O=c1ccc(-c2nnc(CNC3CC3)s2)c[nH]1. The van der Waals surface area contributed by atoms with Crippen LogP contribution < -0.4 is 10.9 Å². The third kappa shape index (κ3) is 2.59. The number of pyridine rings is 1. The van der Waals surface area contributed by atoms with E-state index in [-0.39, 0.29) is 5.56 Å². The lowest BCUT2D eigenvalue weighted by atomic mass is 10.3. The van der Waals surface area contributed by atoms with Gasteiger partial charge in [-0.05, 0) is 18.9 Å². The zero-order chi connectivity index (χ0) is 11.7. The molecule has 0 unspecified atom stereocenters. The molecule has 1 aliphatic carbocycles. The van der Waals surface area contributed by atoms with Gasteiger partial charge in [0.2, 0.25) is 5.56 Å². The van der Waals surface area contributed by atoms with Crippen molar-refractivity contribution < 1.29 is 0 Å². The maximum absolute atomic E-state index is 10.9. The maximum atomic E-state index is 10.9. The van der Waals surface area contributed by atoms with Gasteiger partial charge in [0.25, 0.3) is 0 Å². The van der Waals surface area contributed by atoms with E-state index in [1.54, 1.807) is 23.6 Å². The van der Waals surface area contributed by atoms with Gasteiger partial charge in [0.1, 0.15) is 10.0 Å². The maximum Gasteiger partial charge on any atom is 0.247 e. The first kappa shape index (κ1) is 10.6. The molecule has 2 aromatic heterocycles. The Morgan fingerprint density at radius 2 is 2.29 bits per heavy atom. The molecule has 0 radical (unpaired) electrons. The van der Waals surface area contributed by atoms with Gasteiger partial charge in [0, 0.05) is 30.4 Å². The molecule has 0 amide bonds. The summed E-state index contributed by atoms with van der Waals surface area (Å²) in [6.07, 6.45) is 4.21. The molecule has 1 fully saturated rings. The molecule has 0 aliphatic heterocycles. The van der Waals surface area contributed by atoms with Gasteiger partial charge in [-0.3, -0.25) is 4.79 Å². The van der Waals surface area contributed by atoms with Crippen molar-refractivity contribution in [2.75, 3.05) is 0 Å². The number of hydrogen-bond acceptors (Lipinski definition) is 5. The Morgan fingerprint density at radius 1 is 1.41 bits per heavy atom. The molecule has 5 nitrogen and oxygen atoms in total. The summed E-state index contributed by atoms with van der Waals surface area (Å²) in [4.78, 5) is 13.6. The zero-order valence-electron chi connectivity index (χ0n) is 9.14. The molecular weight excluding hydrogens is 236 g/mol. The van der Waals surface area contributed by atoms with Crippen molar-refractivity contribution in [3.63, 3.8) is 0 Å². The minimum absolute atomic E-state index is 0.103. The van der Waals surface area contributed by atoms with Gasteiger partial charge in [0.05, 0.1) is 0 Å². The molecular formula is C11H12N4OS. The van der Waals surface area contributed by atoms with Gasteiger partial charge < -0.3 is 10.3 Å². The van der Waals surface area contributed by atoms with E-state index in [1.165, 1.54) is 18.9 Å². The van der Waals surface area contributed by atoms with E-state index >= 15 is 0 Å². The highest BCUT2D eigenvalue weighted by Crippen LogP contribution is 2.23. The number of rotatable bonds is 4. The van der Waals surface area contributed by atoms with Crippen LogP contribution in [-0.4, -0.2) is 21.2 Å². The van der Waals surface area contributed by atoms with Gasteiger partial charge in [-0.1, -0.05) is 11.3 Å². The third-order valence-electron chi connectivity index (χ3n) is 2.62. The van der Waals surface area contributed by atoms with Gasteiger partial charge in [-0.25, -0.2) is 0 Å². The molecule has 0 aromatic carbocycles. The van der Waals surface area contributed by atoms with E-state index < -0.39 is 0 Å². The molecule has 3 rings (SSSR count). The Kier molecular flexibility index (Phi) is 2.74. The predicted octanol–water partition coefficient (Wildman–Crippen LogP) is 1.15. The summed E-state index contributed by atoms with van der Waals surface area (Å²) in [5, 5.41) is 13.5. The Bertz CT molecular complexity index is 552. The summed E-state index contributed by atoms with van der Waals surface area (Å²) in [5.74, 6) is 0. The fourth-order valence-corrected chi connectivity index (χ4v) is 2.29. The molecule has 1 aliphatic rings. The summed E-state index contributed by atoms with van der Waals surface area (Å²) in [6, 6.07) is 3.94. The fraction of sp³-hybridized carbons (Fsp3) is 0.364. The van der Waals surface area contributed by atoms with Gasteiger partial charge in [-0.15, -0.1) is 10.2 Å². The van der Waals surface area contributed by atoms with Crippen LogP contribution in [0.3, 0.4) is 0 Å². The Labute approximate surface area is 102 Å². The normalized spacial score (nSPS) is 15.1. The molecule has 0 bridgehead atoms. The van der Waals surface area contributed by atoms with Crippen molar-refractivity contribution >= 4 is 11.3 Å². The molecule has 2 heterocycles. The summed E-state index contributed by atoms with van der Waals surface area (Å²) < 4.78 is 0. The van der Waals surface area contributed by atoms with Crippen molar-refractivity contribution in [3.8, 4) is 10.6 Å². The number of hydrogen-bond donors (Lipinski definition) is 2. The lowest BCUT2D eigenvalue weighted by molar-refractivity contribution is 0.679. The van der Waals surface area contributed by atoms with E-state index in [9.17, 15) is 4.79 Å². The number of H-pyrrole nitrogens is 1. The molecule has 88 valence electrons. The van der Waals surface area contributed by atoms with Crippen molar-refractivity contribution in [2.45, 2.75) is 25.4 Å². The number of nitrogens with zero attached hydrogens (tertiary/aromatic N) is 2. The smallest absolute Gasteiger partial charge is 0.247 e. The van der Waals surface area contributed by atoms with Gasteiger partial charge in [0.15, 0.2) is 0 Å². The molecule has 17 heavy (non-hydrogen) atoms. The molecule has 1 saturated carbocycles. The lowest BCUT2D eigenvalue weighted by Crippen LogP contribution is -2.14. The number of aromatic amines is 1. The van der Waals surface area contributed by atoms with Crippen LogP contribution in [0.15, 0.2) is 23.1 Å². The van der Waals surface area contributed by atoms with Crippen molar-refractivity contribution in [1.29, 1.82) is 0 Å². The first-order valence-electron chi connectivity index (χ1n) is 5.56. The van der Waals surface area contributed by atoms with E-state index in [1.807, 2.05) is 0 Å². The minimum atomic E-state index is -0.103. The van der Waals surface area contributed by atoms with Crippen LogP contribution in [0.5, 0.6) is 0 Å². The fourth-order valence-electron chi connectivity index (χ4n) is 1.50. The van der Waals surface area contributed by atoms with Crippen molar-refractivity contribution in [3.05, 3.63) is 33.7 Å². The average Bonchev–Trinajstić information content (AvgIpc) is 3.06. The highest BCUT2D eigenvalue weighted by molar-refractivity contribution is 7.14.